The van der Waals surface area contributed by atoms with E-state index in [1.165, 1.54) is 25.7 Å². The molecule has 1 aliphatic rings. The highest BCUT2D eigenvalue weighted by atomic mass is 32.1. The van der Waals surface area contributed by atoms with Crippen molar-refractivity contribution in [3.8, 4) is 0 Å². The molecule has 2 rings (SSSR count). The van der Waals surface area contributed by atoms with Gasteiger partial charge in [0.1, 0.15) is 6.10 Å². The van der Waals surface area contributed by atoms with Crippen LogP contribution in [-0.4, -0.2) is 42.7 Å². The first-order valence-electron chi connectivity index (χ1n) is 7.63. The van der Waals surface area contributed by atoms with E-state index in [1.54, 1.807) is 11.3 Å². The van der Waals surface area contributed by atoms with E-state index in [1.807, 2.05) is 17.5 Å². The Morgan fingerprint density at radius 1 is 1.55 bits per heavy atom. The van der Waals surface area contributed by atoms with Gasteiger partial charge in [0.25, 0.3) is 0 Å². The van der Waals surface area contributed by atoms with Gasteiger partial charge in [-0.25, -0.2) is 0 Å². The molecule has 0 aliphatic heterocycles. The second-order valence-electron chi connectivity index (χ2n) is 6.48. The maximum absolute atomic E-state index is 10.1. The van der Waals surface area contributed by atoms with E-state index >= 15 is 0 Å². The highest BCUT2D eigenvalue weighted by molar-refractivity contribution is 7.10. The predicted octanol–water partition coefficient (Wildman–Crippen LogP) is 2.88. The van der Waals surface area contributed by atoms with Crippen LogP contribution in [0.15, 0.2) is 17.5 Å². The van der Waals surface area contributed by atoms with Crippen LogP contribution in [0.25, 0.3) is 0 Å². The first kappa shape index (κ1) is 16.0. The molecule has 0 bridgehead atoms. The second kappa shape index (κ2) is 7.03. The molecule has 114 valence electrons. The first-order chi connectivity index (χ1) is 9.53. The second-order valence-corrected chi connectivity index (χ2v) is 7.46. The molecule has 1 heterocycles. The molecule has 0 radical (unpaired) electrons. The minimum atomic E-state index is -0.379. The third-order valence-electron chi connectivity index (χ3n) is 4.68. The van der Waals surface area contributed by atoms with Crippen molar-refractivity contribution in [3.05, 3.63) is 22.4 Å². The van der Waals surface area contributed by atoms with E-state index in [4.69, 9.17) is 0 Å². The van der Waals surface area contributed by atoms with Crippen molar-refractivity contribution in [3.63, 3.8) is 0 Å². The number of hydrogen-bond acceptors (Lipinski definition) is 4. The molecule has 0 aromatic carbocycles. The largest absolute Gasteiger partial charge is 0.386 e. The molecule has 20 heavy (non-hydrogen) atoms. The zero-order chi connectivity index (χ0) is 14.6. The van der Waals surface area contributed by atoms with Crippen LogP contribution in [0, 0.1) is 5.92 Å². The summed E-state index contributed by atoms with van der Waals surface area (Å²) >= 11 is 1.62. The van der Waals surface area contributed by atoms with E-state index in [0.29, 0.717) is 6.54 Å². The van der Waals surface area contributed by atoms with Crippen molar-refractivity contribution < 1.29 is 5.11 Å². The molecule has 0 spiro atoms. The summed E-state index contributed by atoms with van der Waals surface area (Å²) in [6, 6.07) is 3.99. The molecule has 3 nitrogen and oxygen atoms in total. The molecule has 3 atom stereocenters. The number of likely N-dealkylation sites (N-methyl/N-ethyl adjacent to an activating group) is 1. The number of thiophene rings is 1. The lowest BCUT2D eigenvalue weighted by atomic mass is 9.75. The lowest BCUT2D eigenvalue weighted by Gasteiger charge is -2.45. The average Bonchev–Trinajstić information content (AvgIpc) is 2.92. The van der Waals surface area contributed by atoms with E-state index in [-0.39, 0.29) is 11.6 Å². The summed E-state index contributed by atoms with van der Waals surface area (Å²) in [6.07, 6.45) is 4.80. The quantitative estimate of drug-likeness (QED) is 0.847. The smallest absolute Gasteiger partial charge is 0.101 e. The van der Waals surface area contributed by atoms with Crippen molar-refractivity contribution in [2.24, 2.45) is 5.92 Å². The molecule has 1 saturated carbocycles. The molecule has 1 aromatic heterocycles. The molecule has 1 aliphatic carbocycles. The molecule has 1 fully saturated rings. The fourth-order valence-corrected chi connectivity index (χ4v) is 4.09. The third-order valence-corrected chi connectivity index (χ3v) is 5.65. The Kier molecular flexibility index (Phi) is 5.61. The Bertz CT molecular complexity index is 393. The predicted molar refractivity (Wildman–Crippen MR) is 86.2 cm³/mol. The Morgan fingerprint density at radius 2 is 2.35 bits per heavy atom. The number of aliphatic hydroxyl groups excluding tert-OH is 1. The van der Waals surface area contributed by atoms with Gasteiger partial charge in [-0.1, -0.05) is 25.8 Å². The normalized spacial score (nSPS) is 28.8. The van der Waals surface area contributed by atoms with Crippen LogP contribution in [0.3, 0.4) is 0 Å². The van der Waals surface area contributed by atoms with Gasteiger partial charge < -0.3 is 15.3 Å². The van der Waals surface area contributed by atoms with Crippen LogP contribution in [0.4, 0.5) is 0 Å². The van der Waals surface area contributed by atoms with Gasteiger partial charge in [-0.2, -0.15) is 0 Å². The van der Waals surface area contributed by atoms with Gasteiger partial charge in [0.2, 0.25) is 0 Å². The van der Waals surface area contributed by atoms with Crippen LogP contribution in [0.1, 0.15) is 43.6 Å². The number of aliphatic hydroxyl groups is 1. The topological polar surface area (TPSA) is 35.5 Å². The third kappa shape index (κ3) is 3.82. The van der Waals surface area contributed by atoms with Crippen molar-refractivity contribution in [2.75, 3.05) is 27.2 Å². The van der Waals surface area contributed by atoms with Crippen LogP contribution in [-0.2, 0) is 0 Å². The summed E-state index contributed by atoms with van der Waals surface area (Å²) in [5.41, 5.74) is 0.257. The minimum Gasteiger partial charge on any atom is -0.386 e. The monoisotopic (exact) mass is 296 g/mol. The number of nitrogens with zero attached hydrogens (tertiary/aromatic N) is 1. The van der Waals surface area contributed by atoms with Crippen molar-refractivity contribution in [1.82, 2.24) is 10.2 Å². The Hall–Kier alpha value is -0.420. The standard InChI is InChI=1S/C16H28N2OS/c1-13-6-4-8-16(10-13,18(2)3)12-17-11-14(19)15-7-5-9-20-15/h5,7,9,13-14,17,19H,4,6,8,10-12H2,1-3H3. The lowest BCUT2D eigenvalue weighted by Crippen LogP contribution is -2.54. The summed E-state index contributed by atoms with van der Waals surface area (Å²) in [4.78, 5) is 3.43. The average molecular weight is 296 g/mol. The van der Waals surface area contributed by atoms with Crippen molar-refractivity contribution in [2.45, 2.75) is 44.2 Å². The summed E-state index contributed by atoms with van der Waals surface area (Å²) in [5.74, 6) is 0.801. The minimum absolute atomic E-state index is 0.257. The molecule has 0 saturated heterocycles. The SMILES string of the molecule is CC1CCCC(CNCC(O)c2cccs2)(N(C)C)C1. The molecule has 2 N–H and O–H groups in total. The molecule has 3 unspecified atom stereocenters. The first-order valence-corrected chi connectivity index (χ1v) is 8.51. The summed E-state index contributed by atoms with van der Waals surface area (Å²) in [5, 5.41) is 15.7. The van der Waals surface area contributed by atoms with Crippen LogP contribution in [0.5, 0.6) is 0 Å². The highest BCUT2D eigenvalue weighted by Gasteiger charge is 2.36. The van der Waals surface area contributed by atoms with Crippen molar-refractivity contribution >= 4 is 11.3 Å². The zero-order valence-corrected chi connectivity index (χ0v) is 13.7. The summed E-state index contributed by atoms with van der Waals surface area (Å²) in [6.45, 7) is 3.97. The fourth-order valence-electron chi connectivity index (χ4n) is 3.38. The molecular formula is C16H28N2OS. The Labute approximate surface area is 127 Å². The Balaban J connectivity index is 1.86. The van der Waals surface area contributed by atoms with Crippen LogP contribution in [0.2, 0.25) is 0 Å². The van der Waals surface area contributed by atoms with Gasteiger partial charge in [0, 0.05) is 23.5 Å². The number of rotatable bonds is 6. The number of hydrogen-bond donors (Lipinski definition) is 2. The molecule has 0 amide bonds. The molecule has 1 aromatic rings. The van der Waals surface area contributed by atoms with Gasteiger partial charge >= 0.3 is 0 Å². The highest BCUT2D eigenvalue weighted by Crippen LogP contribution is 2.35. The zero-order valence-electron chi connectivity index (χ0n) is 12.9. The van der Waals surface area contributed by atoms with Gasteiger partial charge in [0.05, 0.1) is 0 Å². The summed E-state index contributed by atoms with van der Waals surface area (Å²) < 4.78 is 0. The molecule has 4 heteroatoms. The summed E-state index contributed by atoms with van der Waals surface area (Å²) in [7, 11) is 4.38. The number of nitrogens with one attached hydrogen (secondary N) is 1. The van der Waals surface area contributed by atoms with Crippen LogP contribution < -0.4 is 5.32 Å². The van der Waals surface area contributed by atoms with E-state index in [9.17, 15) is 5.11 Å². The van der Waals surface area contributed by atoms with Crippen molar-refractivity contribution in [1.29, 1.82) is 0 Å². The van der Waals surface area contributed by atoms with E-state index < -0.39 is 0 Å². The lowest BCUT2D eigenvalue weighted by molar-refractivity contribution is 0.0703. The van der Waals surface area contributed by atoms with Gasteiger partial charge in [0.15, 0.2) is 0 Å². The maximum atomic E-state index is 10.1. The van der Waals surface area contributed by atoms with Crippen LogP contribution >= 0.6 is 11.3 Å². The Morgan fingerprint density at radius 3 is 2.95 bits per heavy atom. The van der Waals surface area contributed by atoms with Gasteiger partial charge in [-0.05, 0) is 44.3 Å². The van der Waals surface area contributed by atoms with E-state index in [2.05, 4.69) is 31.2 Å². The fraction of sp³-hybridized carbons (Fsp3) is 0.750. The van der Waals surface area contributed by atoms with Gasteiger partial charge in [-0.3, -0.25) is 0 Å². The molecular weight excluding hydrogens is 268 g/mol. The maximum Gasteiger partial charge on any atom is 0.101 e. The van der Waals surface area contributed by atoms with Gasteiger partial charge in [-0.15, -0.1) is 11.3 Å². The van der Waals surface area contributed by atoms with E-state index in [0.717, 1.165) is 17.3 Å².